The second kappa shape index (κ2) is 6.52. The molecule has 104 valence electrons. The first kappa shape index (κ1) is 14.5. The molecule has 0 aliphatic rings. The summed E-state index contributed by atoms with van der Waals surface area (Å²) in [5.41, 5.74) is 1.62. The van der Waals surface area contributed by atoms with Crippen LogP contribution in [0.3, 0.4) is 0 Å². The Morgan fingerprint density at radius 2 is 2.00 bits per heavy atom. The Hall–Kier alpha value is -1.88. The number of ether oxygens (including phenoxy) is 1. The second-order valence-corrected chi connectivity index (χ2v) is 5.22. The van der Waals surface area contributed by atoms with Crippen molar-refractivity contribution in [1.29, 1.82) is 0 Å². The van der Waals surface area contributed by atoms with E-state index in [0.717, 1.165) is 10.0 Å². The van der Waals surface area contributed by atoms with Crippen molar-refractivity contribution < 1.29 is 9.53 Å². The molecule has 0 saturated carbocycles. The molecule has 0 aliphatic heterocycles. The summed E-state index contributed by atoms with van der Waals surface area (Å²) in [7, 11) is 3.35. The maximum atomic E-state index is 12.5. The van der Waals surface area contributed by atoms with Gasteiger partial charge in [0.2, 0.25) is 0 Å². The first-order chi connectivity index (χ1) is 9.61. The van der Waals surface area contributed by atoms with Gasteiger partial charge in [0.25, 0.3) is 5.91 Å². The molecule has 0 bridgehead atoms. The number of aromatic nitrogens is 1. The van der Waals surface area contributed by atoms with Crippen molar-refractivity contribution in [1.82, 2.24) is 9.88 Å². The molecule has 4 nitrogen and oxygen atoms in total. The van der Waals surface area contributed by atoms with Gasteiger partial charge in [0.15, 0.2) is 0 Å². The predicted octanol–water partition coefficient (Wildman–Crippen LogP) is 3.12. The van der Waals surface area contributed by atoms with E-state index in [4.69, 9.17) is 4.74 Å². The Morgan fingerprint density at radius 3 is 2.65 bits per heavy atom. The number of amides is 1. The van der Waals surface area contributed by atoms with Crippen LogP contribution in [0.5, 0.6) is 5.75 Å². The van der Waals surface area contributed by atoms with Crippen molar-refractivity contribution >= 4 is 21.8 Å². The summed E-state index contributed by atoms with van der Waals surface area (Å²) in [6, 6.07) is 9.14. The van der Waals surface area contributed by atoms with E-state index in [1.54, 1.807) is 37.5 Å². The third-order valence-corrected chi connectivity index (χ3v) is 3.61. The van der Waals surface area contributed by atoms with Crippen molar-refractivity contribution in [2.75, 3.05) is 14.2 Å². The van der Waals surface area contributed by atoms with Crippen molar-refractivity contribution in [3.8, 4) is 5.75 Å². The normalized spacial score (nSPS) is 10.2. The summed E-state index contributed by atoms with van der Waals surface area (Å²) in [6.07, 6.45) is 3.43. The van der Waals surface area contributed by atoms with E-state index < -0.39 is 0 Å². The first-order valence-electron chi connectivity index (χ1n) is 6.09. The van der Waals surface area contributed by atoms with E-state index >= 15 is 0 Å². The van der Waals surface area contributed by atoms with Crippen LogP contribution in [0.15, 0.2) is 47.2 Å². The highest BCUT2D eigenvalue weighted by Crippen LogP contribution is 2.24. The van der Waals surface area contributed by atoms with Crippen LogP contribution in [0.1, 0.15) is 15.9 Å². The highest BCUT2D eigenvalue weighted by molar-refractivity contribution is 9.10. The van der Waals surface area contributed by atoms with E-state index in [1.165, 1.54) is 0 Å². The van der Waals surface area contributed by atoms with Crippen molar-refractivity contribution in [3.05, 3.63) is 58.3 Å². The van der Waals surface area contributed by atoms with Crippen LogP contribution < -0.4 is 4.74 Å². The zero-order chi connectivity index (χ0) is 14.5. The zero-order valence-corrected chi connectivity index (χ0v) is 12.9. The number of hydrogen-bond donors (Lipinski definition) is 0. The Morgan fingerprint density at radius 1 is 1.30 bits per heavy atom. The lowest BCUT2D eigenvalue weighted by Gasteiger charge is -2.18. The van der Waals surface area contributed by atoms with Gasteiger partial charge in [-0.2, -0.15) is 0 Å². The molecule has 0 unspecified atom stereocenters. The molecule has 0 aliphatic carbocycles. The van der Waals surface area contributed by atoms with Crippen molar-refractivity contribution in [2.45, 2.75) is 6.54 Å². The van der Waals surface area contributed by atoms with Crippen LogP contribution in [0.4, 0.5) is 0 Å². The predicted molar refractivity (Wildman–Crippen MR) is 80.7 cm³/mol. The Balaban J connectivity index is 2.18. The minimum Gasteiger partial charge on any atom is -0.497 e. The van der Waals surface area contributed by atoms with Gasteiger partial charge in [-0.1, -0.05) is 0 Å². The van der Waals surface area contributed by atoms with Crippen LogP contribution in [0.25, 0.3) is 0 Å². The van der Waals surface area contributed by atoms with E-state index in [1.807, 2.05) is 24.3 Å². The summed E-state index contributed by atoms with van der Waals surface area (Å²) < 4.78 is 5.91. The van der Waals surface area contributed by atoms with E-state index in [0.29, 0.717) is 17.9 Å². The third kappa shape index (κ3) is 3.36. The Kier molecular flexibility index (Phi) is 4.74. The smallest absolute Gasteiger partial charge is 0.255 e. The number of rotatable bonds is 4. The fourth-order valence-electron chi connectivity index (χ4n) is 1.83. The van der Waals surface area contributed by atoms with Crippen LogP contribution in [0, 0.1) is 0 Å². The molecule has 1 aromatic carbocycles. The molecule has 1 amide bonds. The van der Waals surface area contributed by atoms with Crippen LogP contribution >= 0.6 is 15.9 Å². The fraction of sp³-hybridized carbons (Fsp3) is 0.200. The van der Waals surface area contributed by atoms with Gasteiger partial charge in [-0.05, 0) is 51.8 Å². The summed E-state index contributed by atoms with van der Waals surface area (Å²) in [5.74, 6) is 0.599. The molecule has 0 fully saturated rings. The topological polar surface area (TPSA) is 42.4 Å². The molecule has 1 heterocycles. The molecule has 0 saturated heterocycles. The molecule has 5 heteroatoms. The maximum absolute atomic E-state index is 12.5. The standard InChI is InChI=1S/C15H15BrN2O2/c1-18(10-11-5-7-17-8-6-11)15(19)13-9-12(20-2)3-4-14(13)16/h3-9H,10H2,1-2H3. The van der Waals surface area contributed by atoms with E-state index in [-0.39, 0.29) is 5.91 Å². The average molecular weight is 335 g/mol. The number of benzene rings is 1. The number of carbonyl (C=O) groups excluding carboxylic acids is 1. The minimum atomic E-state index is -0.0624. The lowest BCUT2D eigenvalue weighted by molar-refractivity contribution is 0.0784. The highest BCUT2D eigenvalue weighted by Gasteiger charge is 2.16. The van der Waals surface area contributed by atoms with Gasteiger partial charge < -0.3 is 9.64 Å². The molecule has 0 atom stereocenters. The van der Waals surface area contributed by atoms with Crippen LogP contribution in [-0.4, -0.2) is 29.9 Å². The van der Waals surface area contributed by atoms with E-state index in [2.05, 4.69) is 20.9 Å². The molecule has 0 N–H and O–H groups in total. The van der Waals surface area contributed by atoms with Gasteiger partial charge in [0.1, 0.15) is 5.75 Å². The minimum absolute atomic E-state index is 0.0624. The average Bonchev–Trinajstić information content (AvgIpc) is 2.48. The first-order valence-corrected chi connectivity index (χ1v) is 6.89. The van der Waals surface area contributed by atoms with Gasteiger partial charge in [-0.15, -0.1) is 0 Å². The van der Waals surface area contributed by atoms with Gasteiger partial charge in [0, 0.05) is 30.5 Å². The van der Waals surface area contributed by atoms with Crippen molar-refractivity contribution in [2.24, 2.45) is 0 Å². The number of hydrogen-bond acceptors (Lipinski definition) is 3. The molecule has 2 aromatic rings. The maximum Gasteiger partial charge on any atom is 0.255 e. The zero-order valence-electron chi connectivity index (χ0n) is 11.3. The van der Waals surface area contributed by atoms with Gasteiger partial charge in [0.05, 0.1) is 12.7 Å². The Bertz CT molecular complexity index is 602. The number of nitrogens with zero attached hydrogens (tertiary/aromatic N) is 2. The lowest BCUT2D eigenvalue weighted by Crippen LogP contribution is -2.26. The number of halogens is 1. The summed E-state index contributed by atoms with van der Waals surface area (Å²) in [4.78, 5) is 18.1. The quantitative estimate of drug-likeness (QED) is 0.862. The molecule has 0 spiro atoms. The number of carbonyl (C=O) groups is 1. The third-order valence-electron chi connectivity index (χ3n) is 2.92. The van der Waals surface area contributed by atoms with Crippen molar-refractivity contribution in [3.63, 3.8) is 0 Å². The largest absolute Gasteiger partial charge is 0.497 e. The fourth-order valence-corrected chi connectivity index (χ4v) is 2.25. The summed E-state index contributed by atoms with van der Waals surface area (Å²) >= 11 is 3.40. The lowest BCUT2D eigenvalue weighted by atomic mass is 10.1. The monoisotopic (exact) mass is 334 g/mol. The molecule has 2 rings (SSSR count). The molecular formula is C15H15BrN2O2. The Labute approximate surface area is 126 Å². The molecule has 20 heavy (non-hydrogen) atoms. The molecular weight excluding hydrogens is 320 g/mol. The van der Waals surface area contributed by atoms with Gasteiger partial charge >= 0.3 is 0 Å². The molecule has 1 aromatic heterocycles. The summed E-state index contributed by atoms with van der Waals surface area (Å²) in [6.45, 7) is 0.533. The van der Waals surface area contributed by atoms with E-state index in [9.17, 15) is 4.79 Å². The highest BCUT2D eigenvalue weighted by atomic mass is 79.9. The second-order valence-electron chi connectivity index (χ2n) is 4.36. The van der Waals surface area contributed by atoms with Gasteiger partial charge in [-0.3, -0.25) is 9.78 Å². The summed E-state index contributed by atoms with van der Waals surface area (Å²) in [5, 5.41) is 0. The van der Waals surface area contributed by atoms with Crippen LogP contribution in [0.2, 0.25) is 0 Å². The number of methoxy groups -OCH3 is 1. The SMILES string of the molecule is COc1ccc(Br)c(C(=O)N(C)Cc2ccncc2)c1. The number of pyridine rings is 1. The van der Waals surface area contributed by atoms with Crippen LogP contribution in [-0.2, 0) is 6.54 Å². The molecule has 0 radical (unpaired) electrons. The van der Waals surface area contributed by atoms with Gasteiger partial charge in [-0.25, -0.2) is 0 Å².